The summed E-state index contributed by atoms with van der Waals surface area (Å²) in [4.78, 5) is 15.9. The molecule has 0 saturated carbocycles. The van der Waals surface area contributed by atoms with Crippen molar-refractivity contribution in [2.75, 3.05) is 6.61 Å². The van der Waals surface area contributed by atoms with E-state index in [0.717, 1.165) is 34.8 Å². The number of rotatable bonds is 9. The number of aryl methyl sites for hydroxylation is 2. The van der Waals surface area contributed by atoms with Gasteiger partial charge in [-0.2, -0.15) is 0 Å². The lowest BCUT2D eigenvalue weighted by atomic mass is 9.97. The monoisotopic (exact) mass is 389 g/mol. The smallest absolute Gasteiger partial charge is 0.333 e. The number of benzene rings is 1. The van der Waals surface area contributed by atoms with E-state index >= 15 is 0 Å². The van der Waals surface area contributed by atoms with E-state index < -0.39 is 12.1 Å². The zero-order valence-corrected chi connectivity index (χ0v) is 17.7. The van der Waals surface area contributed by atoms with Gasteiger partial charge in [-0.3, -0.25) is 0 Å². The largest absolute Gasteiger partial charge is 0.487 e. The van der Waals surface area contributed by atoms with E-state index in [0.29, 0.717) is 25.5 Å². The van der Waals surface area contributed by atoms with Gasteiger partial charge in [0, 0.05) is 18.4 Å². The van der Waals surface area contributed by atoms with Gasteiger partial charge in [0.15, 0.2) is 12.0 Å². The highest BCUT2D eigenvalue weighted by atomic mass is 16.5. The molecule has 1 heterocycles. The molecule has 1 N–H and O–H groups in total. The number of hydrogen-bond acceptors (Lipinski definition) is 5. The number of hydrogen-bond donors (Lipinski definition) is 1. The summed E-state index contributed by atoms with van der Waals surface area (Å²) in [7, 11) is 0. The molecule has 0 bridgehead atoms. The minimum absolute atomic E-state index is 0.152. The summed E-state index contributed by atoms with van der Waals surface area (Å²) < 4.78 is 17.0. The average Bonchev–Trinajstić information content (AvgIpc) is 3.01. The second kappa shape index (κ2) is 9.24. The molecule has 154 valence electrons. The molecule has 2 aromatic rings. The molecule has 0 spiro atoms. The molecule has 0 unspecified atom stereocenters. The number of carbonyl (C=O) groups is 1. The molecule has 6 heteroatoms. The van der Waals surface area contributed by atoms with Gasteiger partial charge in [-0.15, -0.1) is 0 Å². The average molecular weight is 389 g/mol. The summed E-state index contributed by atoms with van der Waals surface area (Å²) in [5, 5.41) is 9.31. The molecule has 0 aliphatic heterocycles. The predicted octanol–water partition coefficient (Wildman–Crippen LogP) is 4.45. The van der Waals surface area contributed by atoms with Crippen molar-refractivity contribution in [2.24, 2.45) is 0 Å². The number of nitrogens with zero attached hydrogens (tertiary/aromatic N) is 1. The van der Waals surface area contributed by atoms with Crippen LogP contribution in [0.25, 0.3) is 0 Å². The van der Waals surface area contributed by atoms with Gasteiger partial charge in [0.1, 0.15) is 23.8 Å². The fourth-order valence-electron chi connectivity index (χ4n) is 2.87. The third-order valence-electron chi connectivity index (χ3n) is 4.52. The zero-order chi connectivity index (χ0) is 20.9. The number of carboxylic acid groups (broad SMARTS) is 1. The molecule has 0 aliphatic rings. The van der Waals surface area contributed by atoms with E-state index in [-0.39, 0.29) is 5.41 Å². The Balaban J connectivity index is 2.12. The van der Waals surface area contributed by atoms with Crippen molar-refractivity contribution < 1.29 is 23.8 Å². The maximum absolute atomic E-state index is 11.4. The highest BCUT2D eigenvalue weighted by molar-refractivity contribution is 5.72. The first-order valence-electron chi connectivity index (χ1n) is 9.71. The van der Waals surface area contributed by atoms with E-state index in [2.05, 4.69) is 25.8 Å². The molecule has 0 amide bonds. The Morgan fingerprint density at radius 2 is 1.96 bits per heavy atom. The number of ether oxygens (including phenoxy) is 2. The van der Waals surface area contributed by atoms with Crippen molar-refractivity contribution in [1.29, 1.82) is 0 Å². The van der Waals surface area contributed by atoms with E-state index in [1.54, 1.807) is 6.92 Å². The van der Waals surface area contributed by atoms with Crippen LogP contribution >= 0.6 is 0 Å². The third kappa shape index (κ3) is 5.58. The van der Waals surface area contributed by atoms with Gasteiger partial charge in [-0.05, 0) is 43.5 Å². The van der Waals surface area contributed by atoms with Crippen molar-refractivity contribution >= 4 is 5.97 Å². The molecule has 2 rings (SSSR count). The van der Waals surface area contributed by atoms with Crippen molar-refractivity contribution in [3.05, 3.63) is 46.7 Å². The molecule has 0 fully saturated rings. The summed E-state index contributed by atoms with van der Waals surface area (Å²) in [5.74, 6) is 1.24. The SMILES string of the molecule is CCO[C@@H](Cc1ccc(OCc2nc(C(C)(C)C)oc2C)cc1CC)C(=O)O. The normalized spacial score (nSPS) is 12.8. The minimum atomic E-state index is -0.944. The number of oxazole rings is 1. The van der Waals surface area contributed by atoms with Crippen LogP contribution in [-0.4, -0.2) is 28.8 Å². The Kier molecular flexibility index (Phi) is 7.24. The number of aliphatic carboxylic acids is 1. The summed E-state index contributed by atoms with van der Waals surface area (Å²) >= 11 is 0. The lowest BCUT2D eigenvalue weighted by molar-refractivity contribution is -0.149. The van der Waals surface area contributed by atoms with Gasteiger partial charge >= 0.3 is 5.97 Å². The van der Waals surface area contributed by atoms with Crippen LogP contribution in [-0.2, 0) is 34.4 Å². The maximum Gasteiger partial charge on any atom is 0.333 e. The molecule has 0 saturated heterocycles. The van der Waals surface area contributed by atoms with Crippen LogP contribution < -0.4 is 4.74 Å². The van der Waals surface area contributed by atoms with Crippen molar-refractivity contribution in [3.63, 3.8) is 0 Å². The maximum atomic E-state index is 11.4. The minimum Gasteiger partial charge on any atom is -0.487 e. The Bertz CT molecular complexity index is 804. The summed E-state index contributed by atoms with van der Waals surface area (Å²) in [5.41, 5.74) is 2.65. The number of carboxylic acids is 1. The topological polar surface area (TPSA) is 81.8 Å². The van der Waals surface area contributed by atoms with Crippen LogP contribution in [0, 0.1) is 6.92 Å². The van der Waals surface area contributed by atoms with Crippen molar-refractivity contribution in [1.82, 2.24) is 4.98 Å². The van der Waals surface area contributed by atoms with Gasteiger partial charge in [-0.1, -0.05) is 33.8 Å². The number of aromatic nitrogens is 1. The first kappa shape index (κ1) is 22.0. The van der Waals surface area contributed by atoms with Gasteiger partial charge in [0.25, 0.3) is 0 Å². The van der Waals surface area contributed by atoms with Crippen LogP contribution in [0.5, 0.6) is 5.75 Å². The van der Waals surface area contributed by atoms with E-state index in [1.165, 1.54) is 0 Å². The van der Waals surface area contributed by atoms with Gasteiger partial charge in [-0.25, -0.2) is 9.78 Å². The fraction of sp³-hybridized carbons (Fsp3) is 0.545. The fourth-order valence-corrected chi connectivity index (χ4v) is 2.87. The second-order valence-corrected chi connectivity index (χ2v) is 7.83. The molecule has 1 aromatic carbocycles. The summed E-state index contributed by atoms with van der Waals surface area (Å²) in [6.45, 7) is 12.6. The molecule has 6 nitrogen and oxygen atoms in total. The quantitative estimate of drug-likeness (QED) is 0.682. The summed E-state index contributed by atoms with van der Waals surface area (Å²) in [6.07, 6.45) is 0.280. The third-order valence-corrected chi connectivity index (χ3v) is 4.52. The van der Waals surface area contributed by atoms with Crippen LogP contribution in [0.15, 0.2) is 22.6 Å². The zero-order valence-electron chi connectivity index (χ0n) is 17.7. The predicted molar refractivity (Wildman–Crippen MR) is 107 cm³/mol. The Hall–Kier alpha value is -2.34. The highest BCUT2D eigenvalue weighted by Crippen LogP contribution is 2.25. The second-order valence-electron chi connectivity index (χ2n) is 7.83. The van der Waals surface area contributed by atoms with E-state index in [9.17, 15) is 9.90 Å². The lowest BCUT2D eigenvalue weighted by Gasteiger charge is -2.16. The molecule has 1 atom stereocenters. The van der Waals surface area contributed by atoms with Crippen molar-refractivity contribution in [2.45, 2.75) is 72.5 Å². The van der Waals surface area contributed by atoms with E-state index in [4.69, 9.17) is 13.9 Å². The Morgan fingerprint density at radius 1 is 1.25 bits per heavy atom. The lowest BCUT2D eigenvalue weighted by Crippen LogP contribution is -2.26. The highest BCUT2D eigenvalue weighted by Gasteiger charge is 2.23. The molecular formula is C22H31NO5. The van der Waals surface area contributed by atoms with Crippen LogP contribution in [0.3, 0.4) is 0 Å². The Morgan fingerprint density at radius 3 is 2.50 bits per heavy atom. The molecule has 0 aliphatic carbocycles. The molecule has 0 radical (unpaired) electrons. The van der Waals surface area contributed by atoms with Crippen LogP contribution in [0.2, 0.25) is 0 Å². The van der Waals surface area contributed by atoms with Gasteiger partial charge in [0.2, 0.25) is 0 Å². The molecule has 28 heavy (non-hydrogen) atoms. The first-order valence-corrected chi connectivity index (χ1v) is 9.71. The van der Waals surface area contributed by atoms with Gasteiger partial charge < -0.3 is 19.0 Å². The van der Waals surface area contributed by atoms with Gasteiger partial charge in [0.05, 0.1) is 0 Å². The van der Waals surface area contributed by atoms with E-state index in [1.807, 2.05) is 32.0 Å². The standard InChI is InChI=1S/C22H31NO5/c1-7-15-11-17(10-9-16(15)12-19(20(24)25)26-8-2)27-13-18-14(3)28-21(23-18)22(4,5)6/h9-11,19H,7-8,12-13H2,1-6H3,(H,24,25)/t19-/m0/s1. The summed E-state index contributed by atoms with van der Waals surface area (Å²) in [6, 6.07) is 5.74. The van der Waals surface area contributed by atoms with Crippen LogP contribution in [0.4, 0.5) is 0 Å². The van der Waals surface area contributed by atoms with Crippen molar-refractivity contribution in [3.8, 4) is 5.75 Å². The van der Waals surface area contributed by atoms with Crippen LogP contribution in [0.1, 0.15) is 63.1 Å². The molecule has 1 aromatic heterocycles. The first-order chi connectivity index (χ1) is 13.2. The Labute approximate surface area is 166 Å². The molecular weight excluding hydrogens is 358 g/mol.